The lowest BCUT2D eigenvalue weighted by Crippen LogP contribution is -2.28. The van der Waals surface area contributed by atoms with Gasteiger partial charge in [0.15, 0.2) is 0 Å². The third-order valence-corrected chi connectivity index (χ3v) is 3.21. The van der Waals surface area contributed by atoms with Crippen molar-refractivity contribution >= 4 is 18.5 Å². The molecule has 136 valence electrons. The van der Waals surface area contributed by atoms with Crippen molar-refractivity contribution in [1.29, 1.82) is 0 Å². The van der Waals surface area contributed by atoms with E-state index in [1.807, 2.05) is 0 Å². The van der Waals surface area contributed by atoms with Gasteiger partial charge in [-0.3, -0.25) is 0 Å². The number of rotatable bonds is 6. The number of carbonyl (C=O) groups is 1. The molecule has 0 saturated carbocycles. The molecule has 4 N–H and O–H groups in total. The summed E-state index contributed by atoms with van der Waals surface area (Å²) in [5, 5.41) is 26.9. The van der Waals surface area contributed by atoms with E-state index in [4.69, 9.17) is 9.47 Å². The van der Waals surface area contributed by atoms with Crippen LogP contribution in [0.25, 0.3) is 0 Å². The van der Waals surface area contributed by atoms with Crippen LogP contribution in [-0.2, 0) is 0 Å². The zero-order chi connectivity index (χ0) is 18.9. The van der Waals surface area contributed by atoms with Gasteiger partial charge in [0.05, 0.1) is 26.6 Å². The molecule has 0 aliphatic heterocycles. The molecule has 0 aliphatic carbocycles. The molecule has 0 aliphatic rings. The zero-order valence-electron chi connectivity index (χ0n) is 14.1. The highest BCUT2D eigenvalue weighted by Crippen LogP contribution is 2.22. The molecule has 9 nitrogen and oxygen atoms in total. The Labute approximate surface area is 149 Å². The summed E-state index contributed by atoms with van der Waals surface area (Å²) in [5.41, 5.74) is 5.18. The summed E-state index contributed by atoms with van der Waals surface area (Å²) in [6.45, 7) is 0. The molecule has 0 radical (unpaired) electrons. The minimum atomic E-state index is -0.696. The first kappa shape index (κ1) is 18.6. The van der Waals surface area contributed by atoms with Gasteiger partial charge in [-0.05, 0) is 24.3 Å². The van der Waals surface area contributed by atoms with E-state index in [2.05, 4.69) is 21.1 Å². The quantitative estimate of drug-likeness (QED) is 0.463. The molecule has 2 aromatic carbocycles. The number of phenolic OH excluding ortho intramolecular Hbond substituents is 2. The van der Waals surface area contributed by atoms with Gasteiger partial charge in [0, 0.05) is 23.3 Å². The second kappa shape index (κ2) is 8.92. The summed E-state index contributed by atoms with van der Waals surface area (Å²) >= 11 is 0. The maximum Gasteiger partial charge on any atom is 0.355 e. The molecule has 0 bridgehead atoms. The normalized spacial score (nSPS) is 10.8. The molecule has 2 rings (SSSR count). The van der Waals surface area contributed by atoms with Crippen molar-refractivity contribution in [2.45, 2.75) is 0 Å². The van der Waals surface area contributed by atoms with E-state index in [9.17, 15) is 15.0 Å². The standard InChI is InChI=1S/C17H18N4O5/c1-25-13-5-3-11(15(22)7-13)9-18-20-17(24)21-19-10-12-4-6-14(26-2)8-16(12)23/h3-10,22-23H,1-2H3,(H2,20,21,24). The second-order valence-corrected chi connectivity index (χ2v) is 4.92. The SMILES string of the molecule is COc1ccc(C=NNC(=O)NN=Cc2ccc(OC)cc2O)c(O)c1. The van der Waals surface area contributed by atoms with Crippen LogP contribution in [-0.4, -0.2) is 42.9 Å². The van der Waals surface area contributed by atoms with E-state index in [1.54, 1.807) is 24.3 Å². The summed E-state index contributed by atoms with van der Waals surface area (Å²) < 4.78 is 9.94. The molecule has 0 fully saturated rings. The smallest absolute Gasteiger partial charge is 0.355 e. The molecule has 0 spiro atoms. The van der Waals surface area contributed by atoms with Crippen LogP contribution in [0.3, 0.4) is 0 Å². The average Bonchev–Trinajstić information content (AvgIpc) is 2.64. The average molecular weight is 358 g/mol. The molecule has 0 atom stereocenters. The fourth-order valence-corrected chi connectivity index (χ4v) is 1.87. The Morgan fingerprint density at radius 2 is 1.31 bits per heavy atom. The molecule has 26 heavy (non-hydrogen) atoms. The van der Waals surface area contributed by atoms with E-state index in [-0.39, 0.29) is 11.5 Å². The number of hydrogen-bond donors (Lipinski definition) is 4. The van der Waals surface area contributed by atoms with Crippen molar-refractivity contribution in [3.05, 3.63) is 47.5 Å². The van der Waals surface area contributed by atoms with Crippen LogP contribution < -0.4 is 20.3 Å². The van der Waals surface area contributed by atoms with E-state index in [0.717, 1.165) is 0 Å². The molecule has 2 aromatic rings. The van der Waals surface area contributed by atoms with Crippen LogP contribution in [0.5, 0.6) is 23.0 Å². The fourth-order valence-electron chi connectivity index (χ4n) is 1.87. The monoisotopic (exact) mass is 358 g/mol. The highest BCUT2D eigenvalue weighted by Gasteiger charge is 2.02. The number of benzene rings is 2. The summed E-state index contributed by atoms with van der Waals surface area (Å²) in [7, 11) is 2.97. The number of nitrogens with one attached hydrogen (secondary N) is 2. The molecule has 2 amide bonds. The third-order valence-electron chi connectivity index (χ3n) is 3.21. The molecule has 0 aromatic heterocycles. The first-order valence-corrected chi connectivity index (χ1v) is 7.39. The Balaban J connectivity index is 1.87. The first-order chi connectivity index (χ1) is 12.5. The number of amides is 2. The summed E-state index contributed by atoms with van der Waals surface area (Å²) in [6.07, 6.45) is 2.54. The van der Waals surface area contributed by atoms with E-state index >= 15 is 0 Å². The molecular formula is C17H18N4O5. The minimum absolute atomic E-state index is 0.0386. The lowest BCUT2D eigenvalue weighted by molar-refractivity contribution is 0.242. The van der Waals surface area contributed by atoms with Gasteiger partial charge in [0.25, 0.3) is 0 Å². The molecule has 0 heterocycles. The van der Waals surface area contributed by atoms with Gasteiger partial charge in [0.1, 0.15) is 23.0 Å². The van der Waals surface area contributed by atoms with Crippen molar-refractivity contribution < 1.29 is 24.5 Å². The highest BCUT2D eigenvalue weighted by atomic mass is 16.5. The number of carbonyl (C=O) groups excluding carboxylic acids is 1. The van der Waals surface area contributed by atoms with Crippen LogP contribution in [0.15, 0.2) is 46.6 Å². The van der Waals surface area contributed by atoms with Crippen LogP contribution in [0.2, 0.25) is 0 Å². The Morgan fingerprint density at radius 3 is 1.65 bits per heavy atom. The van der Waals surface area contributed by atoms with Gasteiger partial charge in [-0.2, -0.15) is 10.2 Å². The maximum absolute atomic E-state index is 11.6. The van der Waals surface area contributed by atoms with Crippen molar-refractivity contribution in [2.75, 3.05) is 14.2 Å². The Kier molecular flexibility index (Phi) is 6.38. The van der Waals surface area contributed by atoms with Gasteiger partial charge < -0.3 is 19.7 Å². The van der Waals surface area contributed by atoms with Crippen molar-refractivity contribution in [3.8, 4) is 23.0 Å². The van der Waals surface area contributed by atoms with Gasteiger partial charge in [-0.25, -0.2) is 15.6 Å². The van der Waals surface area contributed by atoms with Crippen molar-refractivity contribution in [2.24, 2.45) is 10.2 Å². The van der Waals surface area contributed by atoms with E-state index < -0.39 is 6.03 Å². The summed E-state index contributed by atoms with van der Waals surface area (Å²) in [6, 6.07) is 8.61. The van der Waals surface area contributed by atoms with Crippen LogP contribution in [0, 0.1) is 0 Å². The van der Waals surface area contributed by atoms with E-state index in [1.165, 1.54) is 38.8 Å². The van der Waals surface area contributed by atoms with Crippen molar-refractivity contribution in [3.63, 3.8) is 0 Å². The Hall–Kier alpha value is -3.75. The number of hydrogen-bond acceptors (Lipinski definition) is 7. The summed E-state index contributed by atoms with van der Waals surface area (Å²) in [5.74, 6) is 0.926. The molecule has 0 saturated heterocycles. The van der Waals surface area contributed by atoms with Crippen LogP contribution in [0.1, 0.15) is 11.1 Å². The van der Waals surface area contributed by atoms with Crippen molar-refractivity contribution in [1.82, 2.24) is 10.9 Å². The lowest BCUT2D eigenvalue weighted by Gasteiger charge is -2.03. The highest BCUT2D eigenvalue weighted by molar-refractivity contribution is 5.86. The van der Waals surface area contributed by atoms with Gasteiger partial charge in [-0.1, -0.05) is 0 Å². The number of nitrogens with zero attached hydrogens (tertiary/aromatic N) is 2. The number of methoxy groups -OCH3 is 2. The molecule has 0 unspecified atom stereocenters. The Bertz CT molecular complexity index is 768. The summed E-state index contributed by atoms with van der Waals surface area (Å²) in [4.78, 5) is 11.6. The number of urea groups is 1. The third kappa shape index (κ3) is 5.13. The molecular weight excluding hydrogens is 340 g/mol. The van der Waals surface area contributed by atoms with Gasteiger partial charge in [0.2, 0.25) is 0 Å². The number of phenols is 2. The van der Waals surface area contributed by atoms with Crippen LogP contribution in [0.4, 0.5) is 4.79 Å². The largest absolute Gasteiger partial charge is 0.507 e. The molecule has 9 heteroatoms. The number of aromatic hydroxyl groups is 2. The van der Waals surface area contributed by atoms with Crippen LogP contribution >= 0.6 is 0 Å². The first-order valence-electron chi connectivity index (χ1n) is 7.39. The number of hydrazone groups is 2. The maximum atomic E-state index is 11.6. The predicted octanol–water partition coefficient (Wildman–Crippen LogP) is 1.78. The topological polar surface area (TPSA) is 125 Å². The zero-order valence-corrected chi connectivity index (χ0v) is 14.1. The predicted molar refractivity (Wildman–Crippen MR) is 96.2 cm³/mol. The Morgan fingerprint density at radius 1 is 0.885 bits per heavy atom. The fraction of sp³-hybridized carbons (Fsp3) is 0.118. The van der Waals surface area contributed by atoms with Gasteiger partial charge >= 0.3 is 6.03 Å². The van der Waals surface area contributed by atoms with E-state index in [0.29, 0.717) is 22.6 Å². The number of ether oxygens (including phenoxy) is 2. The second-order valence-electron chi connectivity index (χ2n) is 4.92. The lowest BCUT2D eigenvalue weighted by atomic mass is 10.2. The van der Waals surface area contributed by atoms with Gasteiger partial charge in [-0.15, -0.1) is 0 Å². The minimum Gasteiger partial charge on any atom is -0.507 e.